The first-order chi connectivity index (χ1) is 18.7. The first-order valence-corrected chi connectivity index (χ1v) is 13.8. The summed E-state index contributed by atoms with van der Waals surface area (Å²) in [5.74, 6) is 0. The predicted molar refractivity (Wildman–Crippen MR) is 153 cm³/mol. The van der Waals surface area contributed by atoms with Crippen molar-refractivity contribution in [3.8, 4) is 12.1 Å². The Labute approximate surface area is 237 Å². The minimum atomic E-state index is -0.474. The molecule has 2 aliphatic carbocycles. The van der Waals surface area contributed by atoms with Crippen molar-refractivity contribution in [2.24, 2.45) is 0 Å². The van der Waals surface area contributed by atoms with Crippen molar-refractivity contribution in [3.05, 3.63) is 69.8 Å². The molecule has 0 spiro atoms. The monoisotopic (exact) mass is 544 g/mol. The zero-order valence-corrected chi connectivity index (χ0v) is 24.4. The Balaban J connectivity index is 0.000000220. The third-order valence-electron chi connectivity index (χ3n) is 6.57. The maximum atomic E-state index is 11.8. The molecule has 8 heteroatoms. The molecule has 1 unspecified atom stereocenters. The van der Waals surface area contributed by atoms with Crippen LogP contribution in [-0.2, 0) is 35.2 Å². The van der Waals surface area contributed by atoms with Crippen LogP contribution in [0.4, 0.5) is 9.59 Å². The maximum Gasteiger partial charge on any atom is 0.407 e. The zero-order valence-electron chi connectivity index (χ0n) is 24.4. The summed E-state index contributed by atoms with van der Waals surface area (Å²) < 4.78 is 10.5. The van der Waals surface area contributed by atoms with Gasteiger partial charge in [-0.15, -0.1) is 0 Å². The summed E-state index contributed by atoms with van der Waals surface area (Å²) in [6.45, 7) is 11.1. The van der Waals surface area contributed by atoms with Gasteiger partial charge in [0.25, 0.3) is 0 Å². The number of nitrogens with one attached hydrogen (secondary N) is 2. The lowest BCUT2D eigenvalue weighted by Gasteiger charge is -2.27. The maximum absolute atomic E-state index is 11.8. The van der Waals surface area contributed by atoms with Crippen LogP contribution >= 0.6 is 0 Å². The van der Waals surface area contributed by atoms with E-state index in [0.717, 1.165) is 38.5 Å². The van der Waals surface area contributed by atoms with Crippen LogP contribution in [0.2, 0.25) is 0 Å². The standard InChI is InChI=1S/2C16H20N2O2/c2*1-16(2,3)20-15(19)18-14-7-6-12-8-11(10-17)4-5-13(12)9-14/h2*4-5,8,14H,6-7,9H2,1-3H3,(H,18,19)/t14-;/m1./s1. The zero-order chi connectivity index (χ0) is 29.5. The molecule has 2 N–H and O–H groups in total. The number of aryl methyl sites for hydroxylation is 2. The number of hydrogen-bond donors (Lipinski definition) is 2. The molecular weight excluding hydrogens is 504 g/mol. The van der Waals surface area contributed by atoms with E-state index in [-0.39, 0.29) is 24.3 Å². The molecule has 212 valence electrons. The van der Waals surface area contributed by atoms with Crippen LogP contribution in [0, 0.1) is 22.7 Å². The molecule has 0 radical (unpaired) electrons. The van der Waals surface area contributed by atoms with Crippen molar-refractivity contribution >= 4 is 12.2 Å². The summed E-state index contributed by atoms with van der Waals surface area (Å²) in [7, 11) is 0. The average molecular weight is 545 g/mol. The van der Waals surface area contributed by atoms with Crippen LogP contribution < -0.4 is 10.6 Å². The molecule has 0 aromatic heterocycles. The number of hydrogen-bond acceptors (Lipinski definition) is 6. The number of amides is 2. The second-order valence-electron chi connectivity index (χ2n) is 12.4. The summed E-state index contributed by atoms with van der Waals surface area (Å²) in [6, 6.07) is 16.0. The Bertz CT molecular complexity index is 1210. The van der Waals surface area contributed by atoms with Crippen molar-refractivity contribution in [1.82, 2.24) is 10.6 Å². The van der Waals surface area contributed by atoms with Crippen molar-refractivity contribution in [2.75, 3.05) is 0 Å². The van der Waals surface area contributed by atoms with Gasteiger partial charge in [-0.3, -0.25) is 0 Å². The summed E-state index contributed by atoms with van der Waals surface area (Å²) in [4.78, 5) is 23.5. The smallest absolute Gasteiger partial charge is 0.407 e. The van der Waals surface area contributed by atoms with Crippen molar-refractivity contribution < 1.29 is 19.1 Å². The fourth-order valence-corrected chi connectivity index (χ4v) is 4.84. The lowest BCUT2D eigenvalue weighted by Crippen LogP contribution is -2.41. The minimum absolute atomic E-state index is 0.102. The highest BCUT2D eigenvalue weighted by molar-refractivity contribution is 5.68. The molecule has 0 saturated carbocycles. The second-order valence-corrected chi connectivity index (χ2v) is 12.4. The number of fused-ring (bicyclic) bond motifs is 2. The third-order valence-corrected chi connectivity index (χ3v) is 6.57. The van der Waals surface area contributed by atoms with Gasteiger partial charge in [-0.1, -0.05) is 12.1 Å². The first-order valence-electron chi connectivity index (χ1n) is 13.8. The minimum Gasteiger partial charge on any atom is -0.444 e. The molecule has 0 fully saturated rings. The highest BCUT2D eigenvalue weighted by atomic mass is 16.6. The Hall–Kier alpha value is -4.04. The topological polar surface area (TPSA) is 124 Å². The van der Waals surface area contributed by atoms with Crippen LogP contribution in [0.25, 0.3) is 0 Å². The van der Waals surface area contributed by atoms with Gasteiger partial charge in [0.2, 0.25) is 0 Å². The Kier molecular flexibility index (Phi) is 9.82. The van der Waals surface area contributed by atoms with Gasteiger partial charge in [0.1, 0.15) is 11.2 Å². The highest BCUT2D eigenvalue weighted by Gasteiger charge is 2.24. The van der Waals surface area contributed by atoms with Gasteiger partial charge in [-0.05, 0) is 127 Å². The second kappa shape index (κ2) is 12.9. The van der Waals surface area contributed by atoms with Crippen LogP contribution in [0.1, 0.15) is 87.8 Å². The molecular formula is C32H40N4O4. The Morgan fingerprint density at radius 1 is 0.700 bits per heavy atom. The van der Waals surface area contributed by atoms with E-state index in [1.54, 1.807) is 0 Å². The summed E-state index contributed by atoms with van der Waals surface area (Å²) in [5.41, 5.74) is 5.28. The van der Waals surface area contributed by atoms with Gasteiger partial charge in [-0.2, -0.15) is 10.5 Å². The third kappa shape index (κ3) is 9.61. The number of nitrogens with zero attached hydrogens (tertiary/aromatic N) is 2. The fraction of sp³-hybridized carbons (Fsp3) is 0.500. The molecule has 40 heavy (non-hydrogen) atoms. The van der Waals surface area contributed by atoms with Gasteiger partial charge in [0.05, 0.1) is 23.3 Å². The predicted octanol–water partition coefficient (Wildman–Crippen LogP) is 5.88. The number of rotatable bonds is 2. The van der Waals surface area contributed by atoms with E-state index in [4.69, 9.17) is 20.0 Å². The van der Waals surface area contributed by atoms with Crippen LogP contribution in [0.15, 0.2) is 36.4 Å². The molecule has 0 aliphatic heterocycles. The number of ether oxygens (including phenoxy) is 2. The lowest BCUT2D eigenvalue weighted by atomic mass is 9.87. The van der Waals surface area contributed by atoms with Crippen LogP contribution in [0.3, 0.4) is 0 Å². The van der Waals surface area contributed by atoms with E-state index < -0.39 is 11.2 Å². The number of alkyl carbamates (subject to hydrolysis) is 2. The van der Waals surface area contributed by atoms with Gasteiger partial charge < -0.3 is 20.1 Å². The summed E-state index contributed by atoms with van der Waals surface area (Å²) in [5, 5.41) is 23.6. The number of nitriles is 2. The van der Waals surface area contributed by atoms with E-state index in [9.17, 15) is 9.59 Å². The quantitative estimate of drug-likeness (QED) is 0.486. The van der Waals surface area contributed by atoms with E-state index in [1.165, 1.54) is 22.3 Å². The molecule has 0 saturated heterocycles. The SMILES string of the molecule is CC(C)(C)OC(=O)NC1CCc2cc(C#N)ccc2C1.CC(C)(C)OC(=O)N[C@@H]1CCc2cc(C#N)ccc2C1. The molecule has 2 atom stereocenters. The Morgan fingerprint density at radius 2 is 1.07 bits per heavy atom. The van der Waals surface area contributed by atoms with E-state index in [1.807, 2.05) is 77.9 Å². The lowest BCUT2D eigenvalue weighted by molar-refractivity contribution is 0.0488. The molecule has 2 aliphatic rings. The normalized spacial score (nSPS) is 17.8. The van der Waals surface area contributed by atoms with Gasteiger partial charge in [0.15, 0.2) is 0 Å². The molecule has 2 amide bonds. The van der Waals surface area contributed by atoms with Gasteiger partial charge >= 0.3 is 12.2 Å². The summed E-state index contributed by atoms with van der Waals surface area (Å²) >= 11 is 0. The fourth-order valence-electron chi connectivity index (χ4n) is 4.84. The summed E-state index contributed by atoms with van der Waals surface area (Å²) in [6.07, 6.45) is 4.37. The highest BCUT2D eigenvalue weighted by Crippen LogP contribution is 2.24. The largest absolute Gasteiger partial charge is 0.444 e. The van der Waals surface area contributed by atoms with Gasteiger partial charge in [-0.25, -0.2) is 9.59 Å². The first kappa shape index (κ1) is 30.5. The van der Waals surface area contributed by atoms with Gasteiger partial charge in [0, 0.05) is 12.1 Å². The molecule has 0 heterocycles. The van der Waals surface area contributed by atoms with Crippen LogP contribution in [0.5, 0.6) is 0 Å². The number of benzene rings is 2. The van der Waals surface area contributed by atoms with Crippen molar-refractivity contribution in [2.45, 2.75) is 103 Å². The molecule has 2 aromatic rings. The van der Waals surface area contributed by atoms with E-state index in [2.05, 4.69) is 22.8 Å². The molecule has 4 rings (SSSR count). The number of carbonyl (C=O) groups is 2. The van der Waals surface area contributed by atoms with Crippen molar-refractivity contribution in [1.29, 1.82) is 10.5 Å². The van der Waals surface area contributed by atoms with E-state index in [0.29, 0.717) is 11.1 Å². The molecule has 0 bridgehead atoms. The molecule has 2 aromatic carbocycles. The average Bonchev–Trinajstić information content (AvgIpc) is 2.86. The van der Waals surface area contributed by atoms with E-state index >= 15 is 0 Å². The van der Waals surface area contributed by atoms with Crippen LogP contribution in [-0.4, -0.2) is 35.5 Å². The Morgan fingerprint density at radius 3 is 1.40 bits per heavy atom. The molecule has 8 nitrogen and oxygen atoms in total. The van der Waals surface area contributed by atoms with Crippen molar-refractivity contribution in [3.63, 3.8) is 0 Å². The number of carbonyl (C=O) groups excluding carboxylic acids is 2.